The molecule has 13 heteroatoms. The Labute approximate surface area is 209 Å². The van der Waals surface area contributed by atoms with Crippen molar-refractivity contribution >= 4 is 28.4 Å². The fourth-order valence-electron chi connectivity index (χ4n) is 4.05. The lowest BCUT2D eigenvalue weighted by atomic mass is 9.79. The first-order valence-corrected chi connectivity index (χ1v) is 13.0. The van der Waals surface area contributed by atoms with Crippen molar-refractivity contribution in [3.05, 3.63) is 48.2 Å². The summed E-state index contributed by atoms with van der Waals surface area (Å²) in [6.45, 7) is 7.69. The molecule has 0 radical (unpaired) electrons. The molecule has 0 saturated carbocycles. The third kappa shape index (κ3) is 5.26. The van der Waals surface area contributed by atoms with Gasteiger partial charge in [-0.1, -0.05) is 12.1 Å². The number of hydrogen-bond acceptors (Lipinski definition) is 7. The number of halogens is 3. The molecule has 0 unspecified atom stereocenters. The predicted molar refractivity (Wildman–Crippen MR) is 128 cm³/mol. The van der Waals surface area contributed by atoms with Crippen molar-refractivity contribution in [1.82, 2.24) is 9.29 Å². The normalized spacial score (nSPS) is 24.6. The number of sulfonamides is 1. The fourth-order valence-corrected chi connectivity index (χ4v) is 5.52. The summed E-state index contributed by atoms with van der Waals surface area (Å²) in [5.41, 5.74) is -1.22. The van der Waals surface area contributed by atoms with Gasteiger partial charge in [-0.05, 0) is 63.8 Å². The minimum atomic E-state index is -4.49. The third-order valence-electron chi connectivity index (χ3n) is 7.01. The van der Waals surface area contributed by atoms with E-state index in [-0.39, 0.29) is 30.2 Å². The fraction of sp³-hybridized carbons (Fsp3) is 0.522. The maximum absolute atomic E-state index is 13.2. The van der Waals surface area contributed by atoms with E-state index in [9.17, 15) is 26.7 Å². The Hall–Kier alpha value is -2.19. The van der Waals surface area contributed by atoms with Crippen LogP contribution in [0.1, 0.15) is 39.7 Å². The number of aromatic nitrogens is 1. The van der Waals surface area contributed by atoms with Gasteiger partial charge in [-0.3, -0.25) is 0 Å². The Morgan fingerprint density at radius 1 is 1.08 bits per heavy atom. The Kier molecular flexibility index (Phi) is 6.93. The summed E-state index contributed by atoms with van der Waals surface area (Å²) in [4.78, 5) is 3.83. The first kappa shape index (κ1) is 26.9. The van der Waals surface area contributed by atoms with Gasteiger partial charge >= 0.3 is 13.3 Å². The molecule has 2 aromatic rings. The Bertz CT molecular complexity index is 1170. The standard InChI is InChI=1S/C23H29BF3N3O5S/c1-21(2)22(3,4)35-24(34-21)16-6-8-17(9-7-16)36(32,33)30-12-11-18(19(31)14-30)29-20-10-5-15(13-28-20)23(25,26)27/h5-10,13,18-19,31H,11-12,14H2,1-4H3,(H,28,29)/t18-,19+/m1/s1. The molecule has 3 heterocycles. The highest BCUT2D eigenvalue weighted by molar-refractivity contribution is 7.89. The van der Waals surface area contributed by atoms with Crippen molar-refractivity contribution < 1.29 is 36.0 Å². The number of β-amino-alcohol motifs (C(OH)–C–C–N with tert-alkyl or cyclic N) is 1. The average molecular weight is 527 g/mol. The maximum Gasteiger partial charge on any atom is 0.494 e. The zero-order valence-corrected chi connectivity index (χ0v) is 21.2. The van der Waals surface area contributed by atoms with E-state index in [1.54, 1.807) is 12.1 Å². The molecule has 2 aliphatic rings. The highest BCUT2D eigenvalue weighted by Gasteiger charge is 2.51. The second-order valence-electron chi connectivity index (χ2n) is 10.1. The molecule has 4 rings (SSSR count). The highest BCUT2D eigenvalue weighted by Crippen LogP contribution is 2.36. The third-order valence-corrected chi connectivity index (χ3v) is 8.89. The number of nitrogens with zero attached hydrogens (tertiary/aromatic N) is 2. The van der Waals surface area contributed by atoms with Crippen molar-refractivity contribution in [3.63, 3.8) is 0 Å². The number of rotatable bonds is 5. The molecular formula is C23H29BF3N3O5S. The van der Waals surface area contributed by atoms with E-state index in [1.165, 1.54) is 22.5 Å². The molecule has 0 aliphatic carbocycles. The highest BCUT2D eigenvalue weighted by atomic mass is 32.2. The predicted octanol–water partition coefficient (Wildman–Crippen LogP) is 2.64. The zero-order chi connectivity index (χ0) is 26.5. The summed E-state index contributed by atoms with van der Waals surface area (Å²) in [5.74, 6) is 0.168. The van der Waals surface area contributed by atoms with Crippen LogP contribution in [0.3, 0.4) is 0 Å². The van der Waals surface area contributed by atoms with Crippen LogP contribution in [0.4, 0.5) is 19.0 Å². The van der Waals surface area contributed by atoms with E-state index in [4.69, 9.17) is 9.31 Å². The number of anilines is 1. The zero-order valence-electron chi connectivity index (χ0n) is 20.4. The molecule has 36 heavy (non-hydrogen) atoms. The summed E-state index contributed by atoms with van der Waals surface area (Å²) in [6, 6.07) is 7.78. The average Bonchev–Trinajstić information content (AvgIpc) is 3.02. The molecule has 2 fully saturated rings. The van der Waals surface area contributed by atoms with Crippen molar-refractivity contribution in [1.29, 1.82) is 0 Å². The first-order valence-electron chi connectivity index (χ1n) is 11.5. The van der Waals surface area contributed by atoms with Gasteiger partial charge in [-0.25, -0.2) is 13.4 Å². The van der Waals surface area contributed by atoms with E-state index in [0.29, 0.717) is 11.7 Å². The summed E-state index contributed by atoms with van der Waals surface area (Å²) in [5, 5.41) is 13.5. The SMILES string of the molecule is CC1(C)OB(c2ccc(S(=O)(=O)N3CC[C@@H](Nc4ccc(C(F)(F)F)cn4)[C@@H](O)C3)cc2)OC1(C)C. The monoisotopic (exact) mass is 527 g/mol. The topological polar surface area (TPSA) is 101 Å². The maximum atomic E-state index is 13.2. The van der Waals surface area contributed by atoms with Crippen LogP contribution in [0, 0.1) is 0 Å². The van der Waals surface area contributed by atoms with Crippen LogP contribution in [0.5, 0.6) is 0 Å². The summed E-state index contributed by atoms with van der Waals surface area (Å²) in [7, 11) is -4.49. The van der Waals surface area contributed by atoms with Crippen LogP contribution >= 0.6 is 0 Å². The Morgan fingerprint density at radius 2 is 1.69 bits per heavy atom. The van der Waals surface area contributed by atoms with Gasteiger partial charge in [-0.15, -0.1) is 0 Å². The second kappa shape index (κ2) is 9.28. The number of pyridine rings is 1. The molecule has 2 aliphatic heterocycles. The molecule has 2 N–H and O–H groups in total. The van der Waals surface area contributed by atoms with Gasteiger partial charge in [0, 0.05) is 19.3 Å². The number of benzene rings is 1. The van der Waals surface area contributed by atoms with Gasteiger partial charge in [0.05, 0.1) is 33.8 Å². The van der Waals surface area contributed by atoms with Crippen LogP contribution in [0.15, 0.2) is 47.5 Å². The van der Waals surface area contributed by atoms with Gasteiger partial charge in [0.2, 0.25) is 10.0 Å². The lowest BCUT2D eigenvalue weighted by Crippen LogP contribution is -2.51. The Balaban J connectivity index is 1.39. The van der Waals surface area contributed by atoms with Crippen LogP contribution in [0.25, 0.3) is 0 Å². The molecule has 2 atom stereocenters. The largest absolute Gasteiger partial charge is 0.494 e. The molecule has 0 spiro atoms. The van der Waals surface area contributed by atoms with Crippen molar-refractivity contribution in [3.8, 4) is 0 Å². The van der Waals surface area contributed by atoms with E-state index in [0.717, 1.165) is 6.07 Å². The number of piperidine rings is 1. The Morgan fingerprint density at radius 3 is 2.19 bits per heavy atom. The van der Waals surface area contributed by atoms with E-state index in [1.807, 2.05) is 27.7 Å². The number of hydrogen-bond donors (Lipinski definition) is 2. The second-order valence-corrected chi connectivity index (χ2v) is 12.0. The van der Waals surface area contributed by atoms with Crippen LogP contribution in [-0.4, -0.2) is 66.4 Å². The molecule has 0 amide bonds. The molecule has 1 aromatic heterocycles. The van der Waals surface area contributed by atoms with Crippen LogP contribution < -0.4 is 10.8 Å². The summed E-state index contributed by atoms with van der Waals surface area (Å²) >= 11 is 0. The van der Waals surface area contributed by atoms with Crippen LogP contribution in [-0.2, 0) is 25.5 Å². The van der Waals surface area contributed by atoms with Gasteiger partial charge in [0.1, 0.15) is 5.82 Å². The van der Waals surface area contributed by atoms with Crippen molar-refractivity contribution in [2.24, 2.45) is 0 Å². The molecule has 2 saturated heterocycles. The van der Waals surface area contributed by atoms with E-state index >= 15 is 0 Å². The van der Waals surface area contributed by atoms with Gasteiger partial charge in [-0.2, -0.15) is 17.5 Å². The lowest BCUT2D eigenvalue weighted by Gasteiger charge is -2.35. The van der Waals surface area contributed by atoms with Gasteiger partial charge in [0.15, 0.2) is 0 Å². The number of aliphatic hydroxyl groups is 1. The minimum Gasteiger partial charge on any atom is -0.399 e. The number of aliphatic hydroxyl groups excluding tert-OH is 1. The quantitative estimate of drug-likeness (QED) is 0.577. The molecule has 0 bridgehead atoms. The summed E-state index contributed by atoms with van der Waals surface area (Å²) < 4.78 is 77.7. The van der Waals surface area contributed by atoms with Crippen molar-refractivity contribution in [2.45, 2.75) is 68.5 Å². The minimum absolute atomic E-state index is 0.0748. The summed E-state index contributed by atoms with van der Waals surface area (Å²) in [6.07, 6.45) is -4.62. The number of alkyl halides is 3. The first-order chi connectivity index (χ1) is 16.6. The van der Waals surface area contributed by atoms with E-state index < -0.39 is 52.2 Å². The van der Waals surface area contributed by atoms with E-state index in [2.05, 4.69) is 10.3 Å². The smallest absolute Gasteiger partial charge is 0.399 e. The molecular weight excluding hydrogens is 498 g/mol. The molecule has 196 valence electrons. The number of nitrogens with one attached hydrogen (secondary N) is 1. The van der Waals surface area contributed by atoms with Crippen LogP contribution in [0.2, 0.25) is 0 Å². The molecule has 8 nitrogen and oxygen atoms in total. The van der Waals surface area contributed by atoms with Gasteiger partial charge < -0.3 is 19.7 Å². The molecule has 1 aromatic carbocycles. The van der Waals surface area contributed by atoms with Crippen molar-refractivity contribution in [2.75, 3.05) is 18.4 Å². The lowest BCUT2D eigenvalue weighted by molar-refractivity contribution is -0.137. The van der Waals surface area contributed by atoms with Gasteiger partial charge in [0.25, 0.3) is 0 Å².